The highest BCUT2D eigenvalue weighted by molar-refractivity contribution is 7.13. The number of anilines is 3. The lowest BCUT2D eigenvalue weighted by atomic mass is 10.0. The quantitative estimate of drug-likeness (QED) is 0.0922. The van der Waals surface area contributed by atoms with Gasteiger partial charge in [-0.25, -0.2) is 19.9 Å². The van der Waals surface area contributed by atoms with Crippen molar-refractivity contribution in [2.24, 2.45) is 0 Å². The maximum Gasteiger partial charge on any atom is 0.259 e. The van der Waals surface area contributed by atoms with Crippen molar-refractivity contribution >= 4 is 61.9 Å². The van der Waals surface area contributed by atoms with Crippen LogP contribution < -0.4 is 20.3 Å². The number of thiazole rings is 1. The van der Waals surface area contributed by atoms with Crippen LogP contribution in [0.2, 0.25) is 0 Å². The molecule has 0 bridgehead atoms. The third-order valence-corrected chi connectivity index (χ3v) is 12.5. The summed E-state index contributed by atoms with van der Waals surface area (Å²) in [6.45, 7) is 12.9. The lowest BCUT2D eigenvalue weighted by molar-refractivity contribution is -0.0699. The average Bonchev–Trinajstić information content (AvgIpc) is 4.10. The first-order valence-corrected chi connectivity index (χ1v) is 23.1. The molecule has 2 aliphatic rings. The molecule has 16 heteroatoms. The molecule has 6 heterocycles. The van der Waals surface area contributed by atoms with Crippen molar-refractivity contribution in [2.45, 2.75) is 52.1 Å². The highest BCUT2D eigenvalue weighted by Crippen LogP contribution is 2.36. The Morgan fingerprint density at radius 3 is 2.24 bits per heavy atom. The van der Waals surface area contributed by atoms with Crippen LogP contribution in [0.15, 0.2) is 109 Å². The summed E-state index contributed by atoms with van der Waals surface area (Å²) in [6.07, 6.45) is 3.94. The molecule has 0 aliphatic carbocycles. The number of imidazole rings is 2. The van der Waals surface area contributed by atoms with Crippen molar-refractivity contribution in [3.63, 3.8) is 0 Å². The molecule has 4 aromatic heterocycles. The topological polar surface area (TPSA) is 176 Å². The number of para-hydroxylation sites is 2. The third kappa shape index (κ3) is 9.13. The van der Waals surface area contributed by atoms with E-state index in [1.165, 1.54) is 11.3 Å². The number of aromatic amines is 2. The van der Waals surface area contributed by atoms with Gasteiger partial charge in [0.2, 0.25) is 0 Å². The van der Waals surface area contributed by atoms with E-state index in [9.17, 15) is 9.59 Å². The highest BCUT2D eigenvalue weighted by atomic mass is 32.1. The van der Waals surface area contributed by atoms with E-state index in [0.29, 0.717) is 62.6 Å². The van der Waals surface area contributed by atoms with Crippen molar-refractivity contribution in [3.8, 4) is 39.7 Å². The molecule has 2 amide bonds. The summed E-state index contributed by atoms with van der Waals surface area (Å²) in [7, 11) is 0. The number of carbonyl (C=O) groups excluding carboxylic acids is 2. The molecule has 8 aromatic rings. The Morgan fingerprint density at radius 1 is 0.727 bits per heavy atom. The minimum absolute atomic E-state index is 0.136. The van der Waals surface area contributed by atoms with Crippen LogP contribution in [0.5, 0.6) is 5.75 Å². The van der Waals surface area contributed by atoms with Gasteiger partial charge in [-0.15, -0.1) is 11.3 Å². The Balaban J connectivity index is 0.904. The van der Waals surface area contributed by atoms with Crippen molar-refractivity contribution in [3.05, 3.63) is 120 Å². The van der Waals surface area contributed by atoms with Gasteiger partial charge in [0.1, 0.15) is 40.9 Å². The van der Waals surface area contributed by atoms with Crippen molar-refractivity contribution in [1.29, 1.82) is 0 Å². The van der Waals surface area contributed by atoms with Gasteiger partial charge in [0, 0.05) is 72.9 Å². The molecule has 336 valence electrons. The van der Waals surface area contributed by atoms with Crippen molar-refractivity contribution < 1.29 is 23.8 Å². The molecular weight excluding hydrogens is 853 g/mol. The first-order chi connectivity index (χ1) is 32.1. The van der Waals surface area contributed by atoms with Gasteiger partial charge in [0.05, 0.1) is 52.1 Å². The molecule has 0 saturated carbocycles. The third-order valence-electron chi connectivity index (χ3n) is 11.8. The van der Waals surface area contributed by atoms with Gasteiger partial charge in [-0.1, -0.05) is 36.4 Å². The van der Waals surface area contributed by atoms with Crippen LogP contribution in [0.4, 0.5) is 16.6 Å². The molecule has 0 unspecified atom stereocenters. The van der Waals surface area contributed by atoms with Crippen LogP contribution in [0.1, 0.15) is 48.4 Å². The molecular formula is C50H50N10O5S. The Morgan fingerprint density at radius 2 is 1.47 bits per heavy atom. The van der Waals surface area contributed by atoms with Gasteiger partial charge >= 0.3 is 0 Å². The summed E-state index contributed by atoms with van der Waals surface area (Å²) >= 11 is 1.34. The summed E-state index contributed by atoms with van der Waals surface area (Å²) in [5.41, 5.74) is 7.52. The molecule has 4 atom stereocenters. The van der Waals surface area contributed by atoms with Gasteiger partial charge in [-0.3, -0.25) is 19.8 Å². The van der Waals surface area contributed by atoms with E-state index in [-0.39, 0.29) is 36.2 Å². The van der Waals surface area contributed by atoms with Crippen LogP contribution in [-0.4, -0.2) is 110 Å². The van der Waals surface area contributed by atoms with E-state index in [1.54, 1.807) is 36.0 Å². The number of fused-ring (bicyclic) bond motifs is 2. The van der Waals surface area contributed by atoms with Crippen LogP contribution >= 0.6 is 11.3 Å². The number of nitrogens with one attached hydrogen (secondary N) is 4. The van der Waals surface area contributed by atoms with Gasteiger partial charge in [-0.2, -0.15) is 0 Å². The van der Waals surface area contributed by atoms with E-state index < -0.39 is 0 Å². The van der Waals surface area contributed by atoms with E-state index in [2.05, 4.69) is 80.2 Å². The molecule has 2 aliphatic heterocycles. The van der Waals surface area contributed by atoms with Crippen LogP contribution in [0, 0.1) is 0 Å². The zero-order valence-corrected chi connectivity index (χ0v) is 37.9. The largest absolute Gasteiger partial charge is 0.491 e. The molecule has 10 rings (SSSR count). The number of hydrogen-bond donors (Lipinski definition) is 4. The molecule has 0 radical (unpaired) electrons. The van der Waals surface area contributed by atoms with Gasteiger partial charge < -0.3 is 34.4 Å². The lowest BCUT2D eigenvalue weighted by Crippen LogP contribution is -2.46. The molecule has 4 aromatic carbocycles. The standard InChI is InChI=1S/C50H50N10O5S/c1-29-25-59(26-30(2)64-29)20-21-63-41-14-6-5-11-37(41)47-56-44-36(16-17-39(45(44)57-47)49(62)58-50-51-19-22-66-50)34-15-18-42(52-24-34)54-48(61)38-12-8-13-40-43(38)55-46(53-40)33-9-7-10-35(23-33)60-27-31(3)65-32(4)28-60/h5-19,22-24,29-32H,20-21,25-28H2,1-4H3,(H,53,55)(H,56,57)(H,51,58,62)(H,52,54,61)/t29-,30+,31-,32+. The first kappa shape index (κ1) is 42.9. The number of hydrogen-bond acceptors (Lipinski definition) is 12. The number of benzene rings is 4. The average molecular weight is 903 g/mol. The minimum Gasteiger partial charge on any atom is -0.491 e. The van der Waals surface area contributed by atoms with Crippen LogP contribution in [0.25, 0.3) is 56.0 Å². The van der Waals surface area contributed by atoms with E-state index in [4.69, 9.17) is 24.2 Å². The molecule has 0 spiro atoms. The zero-order chi connectivity index (χ0) is 45.3. The first-order valence-electron chi connectivity index (χ1n) is 22.2. The number of morpholine rings is 2. The second-order valence-corrected chi connectivity index (χ2v) is 17.9. The fourth-order valence-electron chi connectivity index (χ4n) is 9.03. The van der Waals surface area contributed by atoms with Crippen molar-refractivity contribution in [2.75, 3.05) is 54.9 Å². The summed E-state index contributed by atoms with van der Waals surface area (Å²) < 4.78 is 18.3. The number of aromatic nitrogens is 6. The fourth-order valence-corrected chi connectivity index (χ4v) is 9.56. The molecule has 4 N–H and O–H groups in total. The second kappa shape index (κ2) is 18.5. The number of nitrogens with zero attached hydrogens (tertiary/aromatic N) is 6. The van der Waals surface area contributed by atoms with Crippen molar-refractivity contribution in [1.82, 2.24) is 34.8 Å². The zero-order valence-electron chi connectivity index (χ0n) is 37.1. The summed E-state index contributed by atoms with van der Waals surface area (Å²) in [5.74, 6) is 1.59. The minimum atomic E-state index is -0.338. The Kier molecular flexibility index (Phi) is 12.0. The second-order valence-electron chi connectivity index (χ2n) is 17.0. The van der Waals surface area contributed by atoms with Crippen LogP contribution in [0.3, 0.4) is 0 Å². The number of carbonyl (C=O) groups is 2. The summed E-state index contributed by atoms with van der Waals surface area (Å²) in [5, 5.41) is 8.17. The smallest absolute Gasteiger partial charge is 0.259 e. The summed E-state index contributed by atoms with van der Waals surface area (Å²) in [6, 6.07) is 28.8. The molecule has 66 heavy (non-hydrogen) atoms. The summed E-state index contributed by atoms with van der Waals surface area (Å²) in [4.78, 5) is 58.1. The van der Waals surface area contributed by atoms with E-state index >= 15 is 0 Å². The number of rotatable bonds is 12. The number of pyridine rings is 1. The normalized spacial score (nSPS) is 19.0. The van der Waals surface area contributed by atoms with Crippen LogP contribution in [-0.2, 0) is 9.47 Å². The molecule has 15 nitrogen and oxygen atoms in total. The highest BCUT2D eigenvalue weighted by Gasteiger charge is 2.25. The fraction of sp³-hybridized carbons (Fsp3) is 0.280. The van der Waals surface area contributed by atoms with E-state index in [1.807, 2.05) is 60.7 Å². The van der Waals surface area contributed by atoms with E-state index in [0.717, 1.165) is 66.2 Å². The maximum absolute atomic E-state index is 13.9. The van der Waals surface area contributed by atoms with Gasteiger partial charge in [-0.05, 0) is 82.3 Å². The Hall–Kier alpha value is -6.98. The molecule has 2 saturated heterocycles. The predicted octanol–water partition coefficient (Wildman–Crippen LogP) is 8.90. The lowest BCUT2D eigenvalue weighted by Gasteiger charge is -2.37. The molecule has 2 fully saturated rings. The maximum atomic E-state index is 13.9. The van der Waals surface area contributed by atoms with Gasteiger partial charge in [0.25, 0.3) is 11.8 Å². The SMILES string of the molecule is C[C@@H]1CN(CCOc2ccccc2-c2nc3c(C(=O)Nc4nccs4)ccc(-c4ccc(NC(=O)c5cccc6[nH]c(-c7cccc(N8C[C@@H](C)O[C@@H](C)C8)c7)nc56)nc4)c3[nH]2)C[C@H](C)O1. The number of H-pyrrole nitrogens is 2. The van der Waals surface area contributed by atoms with Gasteiger partial charge in [0.15, 0.2) is 5.13 Å². The predicted molar refractivity (Wildman–Crippen MR) is 258 cm³/mol. The number of amides is 2. The monoisotopic (exact) mass is 902 g/mol. The Labute approximate surface area is 385 Å². The number of ether oxygens (including phenoxy) is 3. The Bertz CT molecular complexity index is 3000.